The predicted molar refractivity (Wildman–Crippen MR) is 91.4 cm³/mol. The summed E-state index contributed by atoms with van der Waals surface area (Å²) in [7, 11) is -3.68. The summed E-state index contributed by atoms with van der Waals surface area (Å²) in [5, 5.41) is 20.0. The molecule has 6 nitrogen and oxygen atoms in total. The van der Waals surface area contributed by atoms with E-state index in [1.54, 1.807) is 36.4 Å². The Morgan fingerprint density at radius 2 is 1.50 bits per heavy atom. The fourth-order valence-electron chi connectivity index (χ4n) is 1.81. The van der Waals surface area contributed by atoms with Crippen LogP contribution >= 0.6 is 0 Å². The van der Waals surface area contributed by atoms with Crippen molar-refractivity contribution in [3.63, 3.8) is 0 Å². The topological polar surface area (TPSA) is 106 Å². The largest absolute Gasteiger partial charge is 0.360 e. The number of sulfonamides is 1. The van der Waals surface area contributed by atoms with E-state index < -0.39 is 10.0 Å². The molecule has 0 aromatic heterocycles. The van der Waals surface area contributed by atoms with Crippen molar-refractivity contribution in [3.8, 4) is 12.1 Å². The molecule has 0 amide bonds. The quantitative estimate of drug-likeness (QED) is 0.815. The van der Waals surface area contributed by atoms with Gasteiger partial charge < -0.3 is 5.32 Å². The Morgan fingerprint density at radius 1 is 0.958 bits per heavy atom. The summed E-state index contributed by atoms with van der Waals surface area (Å²) in [6.45, 7) is 1.92. The Labute approximate surface area is 140 Å². The van der Waals surface area contributed by atoms with Gasteiger partial charge in [0.1, 0.15) is 17.7 Å². The molecule has 7 heteroatoms. The van der Waals surface area contributed by atoms with Crippen molar-refractivity contribution in [2.45, 2.75) is 11.8 Å². The lowest BCUT2D eigenvalue weighted by atomic mass is 10.2. The van der Waals surface area contributed by atoms with Crippen molar-refractivity contribution in [2.24, 2.45) is 0 Å². The Kier molecular flexibility index (Phi) is 5.20. The third-order valence-electron chi connectivity index (χ3n) is 3.09. The Morgan fingerprint density at radius 3 is 2.04 bits per heavy atom. The van der Waals surface area contributed by atoms with Gasteiger partial charge in [-0.25, -0.2) is 8.42 Å². The maximum atomic E-state index is 12.3. The Balaban J connectivity index is 2.14. The molecule has 0 saturated carbocycles. The number of nitrogens with zero attached hydrogens (tertiary/aromatic N) is 2. The van der Waals surface area contributed by atoms with Gasteiger partial charge in [-0.3, -0.25) is 4.72 Å². The lowest BCUT2D eigenvalue weighted by Crippen LogP contribution is -2.12. The SMILES string of the molecule is Cc1ccc(NS(=O)(=O)c2ccc(NC=C(C#N)C#N)cc2)cc1. The van der Waals surface area contributed by atoms with Crippen LogP contribution in [0, 0.1) is 29.6 Å². The first-order valence-corrected chi connectivity index (χ1v) is 8.39. The molecule has 0 unspecified atom stereocenters. The van der Waals surface area contributed by atoms with Crippen molar-refractivity contribution < 1.29 is 8.42 Å². The van der Waals surface area contributed by atoms with E-state index in [0.717, 1.165) is 5.56 Å². The summed E-state index contributed by atoms with van der Waals surface area (Å²) < 4.78 is 27.2. The third kappa shape index (κ3) is 4.35. The second-order valence-corrected chi connectivity index (χ2v) is 6.60. The molecule has 120 valence electrons. The van der Waals surface area contributed by atoms with Crippen LogP contribution in [0.25, 0.3) is 0 Å². The first kappa shape index (κ1) is 17.1. The fourth-order valence-corrected chi connectivity index (χ4v) is 2.87. The minimum atomic E-state index is -3.68. The first-order chi connectivity index (χ1) is 11.4. The van der Waals surface area contributed by atoms with Crippen LogP contribution in [-0.2, 0) is 10.0 Å². The Bertz CT molecular complexity index is 916. The molecule has 0 radical (unpaired) electrons. The second-order valence-electron chi connectivity index (χ2n) is 4.92. The molecule has 2 N–H and O–H groups in total. The van der Waals surface area contributed by atoms with Crippen LogP contribution in [0.3, 0.4) is 0 Å². The van der Waals surface area contributed by atoms with Crippen LogP contribution in [-0.4, -0.2) is 8.42 Å². The van der Waals surface area contributed by atoms with Crippen LogP contribution in [0.5, 0.6) is 0 Å². The highest BCUT2D eigenvalue weighted by Crippen LogP contribution is 2.18. The zero-order valence-corrected chi connectivity index (χ0v) is 13.6. The highest BCUT2D eigenvalue weighted by molar-refractivity contribution is 7.92. The van der Waals surface area contributed by atoms with E-state index in [2.05, 4.69) is 10.0 Å². The van der Waals surface area contributed by atoms with Crippen LogP contribution in [0.15, 0.2) is 65.2 Å². The summed E-state index contributed by atoms with van der Waals surface area (Å²) in [5.41, 5.74) is 2.01. The minimum absolute atomic E-state index is 0.0762. The number of nitrogens with one attached hydrogen (secondary N) is 2. The van der Waals surface area contributed by atoms with E-state index >= 15 is 0 Å². The van der Waals surface area contributed by atoms with Gasteiger partial charge in [-0.15, -0.1) is 0 Å². The number of benzene rings is 2. The molecular formula is C17H14N4O2S. The van der Waals surface area contributed by atoms with Crippen LogP contribution in [0.4, 0.5) is 11.4 Å². The predicted octanol–water partition coefficient (Wildman–Crippen LogP) is 3.14. The zero-order valence-electron chi connectivity index (χ0n) is 12.8. The van der Waals surface area contributed by atoms with Gasteiger partial charge >= 0.3 is 0 Å². The van der Waals surface area contributed by atoms with Gasteiger partial charge in [-0.2, -0.15) is 10.5 Å². The molecule has 24 heavy (non-hydrogen) atoms. The lowest BCUT2D eigenvalue weighted by molar-refractivity contribution is 0.601. The van der Waals surface area contributed by atoms with Gasteiger partial charge in [0.25, 0.3) is 10.0 Å². The zero-order chi connectivity index (χ0) is 17.6. The molecule has 0 aliphatic rings. The molecular weight excluding hydrogens is 324 g/mol. The number of allylic oxidation sites excluding steroid dienone is 1. The van der Waals surface area contributed by atoms with E-state index in [1.165, 1.54) is 18.3 Å². The van der Waals surface area contributed by atoms with Gasteiger partial charge in [0.15, 0.2) is 0 Å². The molecule has 0 heterocycles. The van der Waals surface area contributed by atoms with Crippen molar-refractivity contribution in [1.29, 1.82) is 10.5 Å². The van der Waals surface area contributed by atoms with E-state index in [9.17, 15) is 8.42 Å². The number of hydrogen-bond donors (Lipinski definition) is 2. The van der Waals surface area contributed by atoms with Crippen molar-refractivity contribution in [2.75, 3.05) is 10.0 Å². The maximum absolute atomic E-state index is 12.3. The summed E-state index contributed by atoms with van der Waals surface area (Å²) >= 11 is 0. The van der Waals surface area contributed by atoms with Gasteiger partial charge in [-0.1, -0.05) is 17.7 Å². The average molecular weight is 338 g/mol. The van der Waals surface area contributed by atoms with E-state index in [0.29, 0.717) is 11.4 Å². The molecule has 0 bridgehead atoms. The lowest BCUT2D eigenvalue weighted by Gasteiger charge is -2.09. The molecule has 2 aromatic carbocycles. The number of anilines is 2. The Hall–Kier alpha value is -3.29. The first-order valence-electron chi connectivity index (χ1n) is 6.91. The van der Waals surface area contributed by atoms with Crippen molar-refractivity contribution in [3.05, 3.63) is 65.9 Å². The smallest absolute Gasteiger partial charge is 0.261 e. The summed E-state index contributed by atoms with van der Waals surface area (Å²) in [5.74, 6) is 0. The van der Waals surface area contributed by atoms with Crippen molar-refractivity contribution >= 4 is 21.4 Å². The van der Waals surface area contributed by atoms with Gasteiger partial charge in [0, 0.05) is 17.6 Å². The molecule has 2 rings (SSSR count). The molecule has 0 fully saturated rings. The molecule has 2 aromatic rings. The maximum Gasteiger partial charge on any atom is 0.261 e. The van der Waals surface area contributed by atoms with Crippen molar-refractivity contribution in [1.82, 2.24) is 0 Å². The van der Waals surface area contributed by atoms with Gasteiger partial charge in [-0.05, 0) is 43.3 Å². The van der Waals surface area contributed by atoms with Gasteiger partial charge in [0.05, 0.1) is 4.90 Å². The second kappa shape index (κ2) is 7.32. The standard InChI is InChI=1S/C17H14N4O2S/c1-13-2-4-16(5-3-13)21-24(22,23)17-8-6-15(7-9-17)20-12-14(10-18)11-19/h2-9,12,20-21H,1H3. The molecule has 0 atom stereocenters. The van der Waals surface area contributed by atoms with E-state index in [-0.39, 0.29) is 10.5 Å². The van der Waals surface area contributed by atoms with Crippen LogP contribution < -0.4 is 10.0 Å². The van der Waals surface area contributed by atoms with Crippen LogP contribution in [0.2, 0.25) is 0 Å². The normalized spacial score (nSPS) is 10.1. The van der Waals surface area contributed by atoms with E-state index in [4.69, 9.17) is 10.5 Å². The highest BCUT2D eigenvalue weighted by Gasteiger charge is 2.13. The van der Waals surface area contributed by atoms with Gasteiger partial charge in [0.2, 0.25) is 0 Å². The highest BCUT2D eigenvalue weighted by atomic mass is 32.2. The van der Waals surface area contributed by atoms with E-state index in [1.807, 2.05) is 19.1 Å². The third-order valence-corrected chi connectivity index (χ3v) is 4.49. The number of nitriles is 2. The number of aryl methyl sites for hydroxylation is 1. The van der Waals surface area contributed by atoms with Crippen LogP contribution in [0.1, 0.15) is 5.56 Å². The average Bonchev–Trinajstić information content (AvgIpc) is 2.58. The summed E-state index contributed by atoms with van der Waals surface area (Å²) in [6, 6.07) is 16.4. The fraction of sp³-hybridized carbons (Fsp3) is 0.0588. The monoisotopic (exact) mass is 338 g/mol. The molecule has 0 aliphatic heterocycles. The molecule has 0 saturated heterocycles. The number of rotatable bonds is 5. The molecule has 0 spiro atoms. The minimum Gasteiger partial charge on any atom is -0.360 e. The summed E-state index contributed by atoms with van der Waals surface area (Å²) in [6.07, 6.45) is 1.26. The number of hydrogen-bond acceptors (Lipinski definition) is 5. The summed E-state index contributed by atoms with van der Waals surface area (Å²) in [4.78, 5) is 0.110. The molecule has 0 aliphatic carbocycles.